The molecule has 0 spiro atoms. The number of hydrogen-bond acceptors (Lipinski definition) is 3. The van der Waals surface area contributed by atoms with Crippen molar-refractivity contribution in [2.45, 2.75) is 51.0 Å². The maximum Gasteiger partial charge on any atom is 0.0738 e. The van der Waals surface area contributed by atoms with Gasteiger partial charge in [0.2, 0.25) is 0 Å². The molecule has 1 aliphatic rings. The van der Waals surface area contributed by atoms with E-state index in [-0.39, 0.29) is 6.10 Å². The third kappa shape index (κ3) is 2.88. The van der Waals surface area contributed by atoms with Crippen LogP contribution in [0.15, 0.2) is 4.47 Å². The molecule has 1 fully saturated rings. The Hall–Kier alpha value is -0.0000000000000000555. The van der Waals surface area contributed by atoms with Crippen molar-refractivity contribution >= 4 is 27.7 Å². The lowest BCUT2D eigenvalue weighted by Gasteiger charge is -2.17. The van der Waals surface area contributed by atoms with Crippen LogP contribution in [0.5, 0.6) is 0 Å². The van der Waals surface area contributed by atoms with Gasteiger partial charge in [-0.05, 0) is 48.4 Å². The van der Waals surface area contributed by atoms with Crippen LogP contribution < -0.4 is 0 Å². The fourth-order valence-electron chi connectivity index (χ4n) is 2.30. The molecule has 0 saturated carbocycles. The van der Waals surface area contributed by atoms with Crippen LogP contribution in [0, 0.1) is 6.92 Å². The summed E-state index contributed by atoms with van der Waals surface area (Å²) in [4.78, 5) is 0. The minimum Gasteiger partial charge on any atom is -0.392 e. The van der Waals surface area contributed by atoms with Crippen LogP contribution in [-0.2, 0) is 13.0 Å². The summed E-state index contributed by atoms with van der Waals surface area (Å²) in [6, 6.07) is 0. The summed E-state index contributed by atoms with van der Waals surface area (Å²) in [6.07, 6.45) is 2.83. The van der Waals surface area contributed by atoms with Gasteiger partial charge in [0.15, 0.2) is 0 Å². The minimum absolute atomic E-state index is 0.250. The largest absolute Gasteiger partial charge is 0.392 e. The maximum absolute atomic E-state index is 10.3. The van der Waals surface area contributed by atoms with Crippen LogP contribution in [0.3, 0.4) is 0 Å². The number of rotatable bonds is 4. The number of aromatic nitrogens is 2. The summed E-state index contributed by atoms with van der Waals surface area (Å²) in [6.45, 7) is 4.93. The topological polar surface area (TPSA) is 38.0 Å². The summed E-state index contributed by atoms with van der Waals surface area (Å²) >= 11 is 5.48. The first-order valence-corrected chi connectivity index (χ1v) is 7.99. The highest BCUT2D eigenvalue weighted by Crippen LogP contribution is 2.31. The van der Waals surface area contributed by atoms with Crippen molar-refractivity contribution in [1.82, 2.24) is 9.78 Å². The average Bonchev–Trinajstić information content (AvgIpc) is 2.92. The maximum atomic E-state index is 10.3. The molecule has 2 heterocycles. The number of thioether (sulfide) groups is 1. The van der Waals surface area contributed by atoms with Gasteiger partial charge in [-0.3, -0.25) is 4.68 Å². The van der Waals surface area contributed by atoms with E-state index in [9.17, 15) is 5.11 Å². The first kappa shape index (κ1) is 13.4. The highest BCUT2D eigenvalue weighted by molar-refractivity contribution is 9.10. The first-order chi connectivity index (χ1) is 8.13. The lowest BCUT2D eigenvalue weighted by molar-refractivity contribution is 0.167. The van der Waals surface area contributed by atoms with Crippen LogP contribution in [0.25, 0.3) is 0 Å². The van der Waals surface area contributed by atoms with E-state index in [1.54, 1.807) is 0 Å². The lowest BCUT2D eigenvalue weighted by atomic mass is 10.1. The highest BCUT2D eigenvalue weighted by Gasteiger charge is 2.26. The normalized spacial score (nSPS) is 22.0. The third-order valence-electron chi connectivity index (χ3n) is 3.25. The van der Waals surface area contributed by atoms with Crippen molar-refractivity contribution in [2.75, 3.05) is 5.75 Å². The monoisotopic (exact) mass is 318 g/mol. The molecule has 2 unspecified atom stereocenters. The Balaban J connectivity index is 2.11. The molecule has 0 radical (unpaired) electrons. The summed E-state index contributed by atoms with van der Waals surface area (Å²) in [5.74, 6) is 1.19. The molecule has 96 valence electrons. The molecule has 0 bridgehead atoms. The van der Waals surface area contributed by atoms with E-state index >= 15 is 0 Å². The molecule has 17 heavy (non-hydrogen) atoms. The molecule has 1 aromatic heterocycles. The van der Waals surface area contributed by atoms with Crippen LogP contribution in [0.2, 0.25) is 0 Å². The molecular formula is C12H19BrN2OS. The van der Waals surface area contributed by atoms with Crippen molar-refractivity contribution in [3.63, 3.8) is 0 Å². The van der Waals surface area contributed by atoms with Crippen molar-refractivity contribution in [2.24, 2.45) is 0 Å². The van der Waals surface area contributed by atoms with Gasteiger partial charge in [-0.1, -0.05) is 0 Å². The molecule has 1 aliphatic heterocycles. The first-order valence-electron chi connectivity index (χ1n) is 6.15. The van der Waals surface area contributed by atoms with Gasteiger partial charge in [0.05, 0.1) is 22.0 Å². The summed E-state index contributed by atoms with van der Waals surface area (Å²) in [7, 11) is 0. The number of aryl methyl sites for hydroxylation is 2. The molecule has 3 nitrogen and oxygen atoms in total. The van der Waals surface area contributed by atoms with E-state index in [1.807, 2.05) is 23.4 Å². The predicted molar refractivity (Wildman–Crippen MR) is 75.5 cm³/mol. The number of aliphatic hydroxyl groups is 1. The average molecular weight is 319 g/mol. The van der Waals surface area contributed by atoms with E-state index in [4.69, 9.17) is 0 Å². The van der Waals surface area contributed by atoms with Gasteiger partial charge in [0.1, 0.15) is 0 Å². The van der Waals surface area contributed by atoms with Crippen molar-refractivity contribution < 1.29 is 5.11 Å². The highest BCUT2D eigenvalue weighted by atomic mass is 79.9. The smallest absolute Gasteiger partial charge is 0.0738 e. The van der Waals surface area contributed by atoms with Crippen molar-refractivity contribution in [1.29, 1.82) is 0 Å². The third-order valence-corrected chi connectivity index (χ3v) is 5.78. The summed E-state index contributed by atoms with van der Waals surface area (Å²) in [5.41, 5.74) is 2.14. The summed E-state index contributed by atoms with van der Waals surface area (Å²) < 4.78 is 3.05. The predicted octanol–water partition coefficient (Wildman–Crippen LogP) is 2.77. The molecular weight excluding hydrogens is 300 g/mol. The lowest BCUT2D eigenvalue weighted by Crippen LogP contribution is -2.24. The Kier molecular flexibility index (Phi) is 4.55. The SMILES string of the molecule is CCn1nc(C)c(Br)c1CC(O)C1CCCS1. The number of aliphatic hydroxyl groups excluding tert-OH is 1. The van der Waals surface area contributed by atoms with E-state index < -0.39 is 0 Å². The Morgan fingerprint density at radius 2 is 2.41 bits per heavy atom. The number of nitrogens with zero attached hydrogens (tertiary/aromatic N) is 2. The van der Waals surface area contributed by atoms with E-state index in [2.05, 4.69) is 28.0 Å². The molecule has 0 aliphatic carbocycles. The summed E-state index contributed by atoms with van der Waals surface area (Å²) in [5, 5.41) is 15.1. The Bertz CT molecular complexity index is 388. The van der Waals surface area contributed by atoms with Gasteiger partial charge in [-0.2, -0.15) is 16.9 Å². The Labute approximate surface area is 115 Å². The zero-order chi connectivity index (χ0) is 12.4. The van der Waals surface area contributed by atoms with Gasteiger partial charge in [0.25, 0.3) is 0 Å². The zero-order valence-corrected chi connectivity index (χ0v) is 12.7. The molecule has 1 aromatic rings. The molecule has 5 heteroatoms. The van der Waals surface area contributed by atoms with E-state index in [1.165, 1.54) is 12.2 Å². The molecule has 0 amide bonds. The van der Waals surface area contributed by atoms with Crippen LogP contribution in [-0.4, -0.2) is 32.0 Å². The minimum atomic E-state index is -0.250. The Morgan fingerprint density at radius 1 is 1.65 bits per heavy atom. The van der Waals surface area contributed by atoms with Gasteiger partial charge >= 0.3 is 0 Å². The Morgan fingerprint density at radius 3 is 3.00 bits per heavy atom. The van der Waals surface area contributed by atoms with Gasteiger partial charge in [0, 0.05) is 18.2 Å². The quantitative estimate of drug-likeness (QED) is 0.927. The van der Waals surface area contributed by atoms with Crippen molar-refractivity contribution in [3.8, 4) is 0 Å². The second-order valence-corrected chi connectivity index (χ2v) is 6.62. The fourth-order valence-corrected chi connectivity index (χ4v) is 4.03. The molecule has 2 atom stereocenters. The molecule has 0 aromatic carbocycles. The number of hydrogen-bond donors (Lipinski definition) is 1. The van der Waals surface area contributed by atoms with Gasteiger partial charge in [-0.25, -0.2) is 0 Å². The number of halogens is 1. The van der Waals surface area contributed by atoms with Crippen molar-refractivity contribution in [3.05, 3.63) is 15.9 Å². The van der Waals surface area contributed by atoms with Crippen LogP contribution in [0.4, 0.5) is 0 Å². The molecule has 1 saturated heterocycles. The van der Waals surface area contributed by atoms with E-state index in [0.29, 0.717) is 11.7 Å². The molecule has 2 rings (SSSR count). The second kappa shape index (κ2) is 5.76. The van der Waals surface area contributed by atoms with Gasteiger partial charge < -0.3 is 5.11 Å². The molecule has 1 N–H and O–H groups in total. The second-order valence-electron chi connectivity index (χ2n) is 4.48. The van der Waals surface area contributed by atoms with E-state index in [0.717, 1.165) is 28.8 Å². The zero-order valence-electron chi connectivity index (χ0n) is 10.3. The fraction of sp³-hybridized carbons (Fsp3) is 0.750. The van der Waals surface area contributed by atoms with Crippen LogP contribution in [0.1, 0.15) is 31.2 Å². The van der Waals surface area contributed by atoms with Crippen LogP contribution >= 0.6 is 27.7 Å². The standard InChI is InChI=1S/C12H19BrN2OS/c1-3-15-9(12(13)8(2)14-15)7-10(16)11-5-4-6-17-11/h10-11,16H,3-7H2,1-2H3. The van der Waals surface area contributed by atoms with Gasteiger partial charge in [-0.15, -0.1) is 0 Å².